The first-order valence-electron chi connectivity index (χ1n) is 24.3. The monoisotopic (exact) mass is 1010 g/mol. The lowest BCUT2D eigenvalue weighted by molar-refractivity contribution is -0.139. The quantitative estimate of drug-likeness (QED) is 0.0204. The summed E-state index contributed by atoms with van der Waals surface area (Å²) in [5, 5.41) is 29.5. The lowest BCUT2D eigenvalue weighted by atomic mass is 9.88. The number of hydrogen-bond acceptors (Lipinski definition) is 17. The van der Waals surface area contributed by atoms with Crippen molar-refractivity contribution in [2.24, 2.45) is 11.8 Å². The van der Waals surface area contributed by atoms with Crippen LogP contribution < -0.4 is 21.3 Å². The van der Waals surface area contributed by atoms with Crippen LogP contribution in [0.3, 0.4) is 0 Å². The Morgan fingerprint density at radius 2 is 1.64 bits per heavy atom. The summed E-state index contributed by atoms with van der Waals surface area (Å²) in [5.74, 6) is -1.10. The molecule has 0 unspecified atom stereocenters. The molecule has 2 aromatic carbocycles. The number of fused-ring (bicyclic) bond motifs is 1. The Morgan fingerprint density at radius 1 is 0.905 bits per heavy atom. The normalized spacial score (nSPS) is 13.4. The Balaban J connectivity index is 0.976. The number of amides is 4. The van der Waals surface area contributed by atoms with Crippen molar-refractivity contribution in [3.05, 3.63) is 89.0 Å². The molecule has 0 spiro atoms. The average Bonchev–Trinajstić information content (AvgIpc) is 4.03. The van der Waals surface area contributed by atoms with Crippen LogP contribution in [0.5, 0.6) is 0 Å². The SMILES string of the molecule is C#CCN(Cc1cnc2nc(C)nc(N)c2n1)c1ccc(C(=O)N[C@@H](CCCCC(=O)c2ccc(CC(=O)[C@H](C)NC(=O)[C@@H](CC(=O)CCCCCN3C(=O)C=CC3=O)C(C)C)cc2-c2nn[nH]n2)C(=O)O)cc1. The number of tetrazole rings is 1. The number of anilines is 2. The molecule has 22 heteroatoms. The first-order valence-corrected chi connectivity index (χ1v) is 24.3. The molecule has 0 aliphatic carbocycles. The van der Waals surface area contributed by atoms with Gasteiger partial charge in [0.05, 0.1) is 31.0 Å². The van der Waals surface area contributed by atoms with E-state index >= 15 is 0 Å². The summed E-state index contributed by atoms with van der Waals surface area (Å²) in [7, 11) is 0. The number of H-pyrrole nitrogens is 1. The van der Waals surface area contributed by atoms with Crippen molar-refractivity contribution in [2.75, 3.05) is 23.7 Å². The van der Waals surface area contributed by atoms with Crippen LogP contribution in [0.1, 0.15) is 116 Å². The second-order valence-corrected chi connectivity index (χ2v) is 18.4. The summed E-state index contributed by atoms with van der Waals surface area (Å²) in [6, 6.07) is 9.14. The van der Waals surface area contributed by atoms with Gasteiger partial charge in [0.15, 0.2) is 28.5 Å². The van der Waals surface area contributed by atoms with Crippen LogP contribution in [0.25, 0.3) is 22.6 Å². The van der Waals surface area contributed by atoms with Crippen molar-refractivity contribution in [1.29, 1.82) is 0 Å². The maximum atomic E-state index is 13.6. The number of aromatic amines is 1. The van der Waals surface area contributed by atoms with Gasteiger partial charge in [0.2, 0.25) is 11.7 Å². The third kappa shape index (κ3) is 14.7. The van der Waals surface area contributed by atoms with Gasteiger partial charge in [-0.1, -0.05) is 44.7 Å². The van der Waals surface area contributed by atoms with Crippen molar-refractivity contribution in [3.63, 3.8) is 0 Å². The summed E-state index contributed by atoms with van der Waals surface area (Å²) < 4.78 is 0. The minimum Gasteiger partial charge on any atom is -0.480 e. The Bertz CT molecular complexity index is 2950. The smallest absolute Gasteiger partial charge is 0.326 e. The molecular formula is C52H59N13O9. The highest BCUT2D eigenvalue weighted by Gasteiger charge is 2.29. The number of nitrogen functional groups attached to an aromatic ring is 1. The van der Waals surface area contributed by atoms with Crippen molar-refractivity contribution >= 4 is 69.6 Å². The minimum atomic E-state index is -1.24. The first kappa shape index (κ1) is 54.7. The van der Waals surface area contributed by atoms with Crippen molar-refractivity contribution in [1.82, 2.24) is 56.1 Å². The number of aliphatic carboxylic acids is 1. The number of hydrogen-bond donors (Lipinski definition) is 5. The third-order valence-electron chi connectivity index (χ3n) is 12.5. The number of aryl methyl sites for hydroxylation is 1. The molecule has 1 aliphatic rings. The molecule has 0 saturated heterocycles. The highest BCUT2D eigenvalue weighted by molar-refractivity contribution is 6.12. The highest BCUT2D eigenvalue weighted by Crippen LogP contribution is 2.26. The largest absolute Gasteiger partial charge is 0.480 e. The van der Waals surface area contributed by atoms with Crippen molar-refractivity contribution in [3.8, 4) is 23.7 Å². The molecule has 5 aromatic rings. The van der Waals surface area contributed by atoms with Gasteiger partial charge in [0.25, 0.3) is 17.7 Å². The van der Waals surface area contributed by atoms with Crippen molar-refractivity contribution < 1.29 is 43.5 Å². The topological polar surface area (TPSA) is 319 Å². The number of aromatic nitrogens is 8. The van der Waals surface area contributed by atoms with E-state index in [0.29, 0.717) is 58.8 Å². The van der Waals surface area contributed by atoms with Crippen LogP contribution in [0, 0.1) is 31.1 Å². The van der Waals surface area contributed by atoms with Gasteiger partial charge in [-0.3, -0.25) is 38.5 Å². The number of nitrogens with zero attached hydrogens (tertiary/aromatic N) is 9. The maximum absolute atomic E-state index is 13.6. The molecule has 22 nitrogen and oxygen atoms in total. The number of imide groups is 1. The Labute approximate surface area is 426 Å². The van der Waals surface area contributed by atoms with Gasteiger partial charge in [-0.15, -0.1) is 16.6 Å². The van der Waals surface area contributed by atoms with Gasteiger partial charge >= 0.3 is 5.97 Å². The standard InChI is InChI=1S/C52H59N13O9/c1-6-23-64(29-35-28-54-49-46(58-35)47(53)56-32(5)57-49)36-18-16-34(17-19-36)50(71)59-41(52(73)74)13-9-10-14-42(67)38-20-15-33(25-40(38)48-60-62-63-61-48)26-43(68)31(4)55-51(72)39(30(2)3)27-37(66)12-8-7-11-24-65-44(69)21-22-45(65)70/h1,15-22,25,28,30-31,39,41H,7-14,23-24,26-27,29H2,2-5H3,(H,55,72)(H,59,71)(H,73,74)(H2,53,54,56,57)(H,60,61,62,63)/t31-,39-,41-/m0/s1. The molecule has 3 aromatic heterocycles. The fourth-order valence-corrected chi connectivity index (χ4v) is 8.35. The zero-order chi connectivity index (χ0) is 53.5. The Hall–Kier alpha value is -8.61. The first-order chi connectivity index (χ1) is 35.4. The van der Waals surface area contributed by atoms with Gasteiger partial charge < -0.3 is 26.4 Å². The molecule has 3 atom stereocenters. The average molecular weight is 1010 g/mol. The maximum Gasteiger partial charge on any atom is 0.326 e. The van der Waals surface area contributed by atoms with Gasteiger partial charge in [0, 0.05) is 72.7 Å². The molecule has 6 N–H and O–H groups in total. The summed E-state index contributed by atoms with van der Waals surface area (Å²) in [4.78, 5) is 123. The number of ketones is 3. The number of carboxylic acid groups (broad SMARTS) is 1. The predicted octanol–water partition coefficient (Wildman–Crippen LogP) is 4.09. The van der Waals surface area contributed by atoms with E-state index in [0.717, 1.165) is 4.90 Å². The van der Waals surface area contributed by atoms with Crippen LogP contribution in [0.4, 0.5) is 11.5 Å². The number of carbonyl (C=O) groups excluding carboxylic acids is 7. The van der Waals surface area contributed by atoms with E-state index in [1.165, 1.54) is 12.2 Å². The van der Waals surface area contributed by atoms with Crippen LogP contribution in [-0.2, 0) is 41.7 Å². The number of nitrogens with one attached hydrogen (secondary N) is 3. The fourth-order valence-electron chi connectivity index (χ4n) is 8.35. The molecule has 74 heavy (non-hydrogen) atoms. The number of rotatable bonds is 28. The summed E-state index contributed by atoms with van der Waals surface area (Å²) in [6.45, 7) is 7.68. The third-order valence-corrected chi connectivity index (χ3v) is 12.5. The van der Waals surface area contributed by atoms with Gasteiger partial charge in [-0.05, 0) is 86.6 Å². The van der Waals surface area contributed by atoms with Gasteiger partial charge in [-0.25, -0.2) is 24.7 Å². The molecule has 1 aliphatic heterocycles. The Morgan fingerprint density at radius 3 is 2.31 bits per heavy atom. The summed E-state index contributed by atoms with van der Waals surface area (Å²) in [5.41, 5.74) is 9.34. The highest BCUT2D eigenvalue weighted by atomic mass is 16.4. The molecule has 0 bridgehead atoms. The molecule has 0 fully saturated rings. The molecule has 6 rings (SSSR count). The molecule has 0 radical (unpaired) electrons. The van der Waals surface area contributed by atoms with Crippen LogP contribution in [0.15, 0.2) is 60.8 Å². The second-order valence-electron chi connectivity index (χ2n) is 18.4. The number of nitrogens with two attached hydrogens (primary N) is 1. The molecule has 4 amide bonds. The second kappa shape index (κ2) is 25.7. The predicted molar refractivity (Wildman–Crippen MR) is 271 cm³/mol. The lowest BCUT2D eigenvalue weighted by Gasteiger charge is -2.22. The summed E-state index contributed by atoms with van der Waals surface area (Å²) in [6.07, 6.45) is 12.2. The molecule has 4 heterocycles. The molecule has 386 valence electrons. The van der Waals surface area contributed by atoms with E-state index in [2.05, 4.69) is 57.1 Å². The fraction of sp³-hybridized carbons (Fsp3) is 0.404. The van der Waals surface area contributed by atoms with E-state index < -0.39 is 35.8 Å². The molecular weight excluding hydrogens is 951 g/mol. The van der Waals surface area contributed by atoms with Crippen LogP contribution in [0.2, 0.25) is 0 Å². The number of benzene rings is 2. The number of Topliss-reactive ketones (excluding diaryl/α,β-unsaturated/α-hetero) is 3. The number of carbonyl (C=O) groups is 8. The van der Waals surface area contributed by atoms with Gasteiger partial charge in [-0.2, -0.15) is 5.21 Å². The van der Waals surface area contributed by atoms with E-state index in [4.69, 9.17) is 12.2 Å². The van der Waals surface area contributed by atoms with Crippen LogP contribution >= 0.6 is 0 Å². The lowest BCUT2D eigenvalue weighted by Crippen LogP contribution is -2.44. The number of unbranched alkanes of at least 4 members (excludes halogenated alkanes) is 3. The minimum absolute atomic E-state index is 0.00235. The Kier molecular flexibility index (Phi) is 19.0. The summed E-state index contributed by atoms with van der Waals surface area (Å²) >= 11 is 0. The number of carboxylic acids is 1. The molecule has 0 saturated carbocycles. The van der Waals surface area contributed by atoms with Crippen molar-refractivity contribution in [2.45, 2.75) is 111 Å². The van der Waals surface area contributed by atoms with Crippen LogP contribution in [-0.4, -0.2) is 123 Å². The van der Waals surface area contributed by atoms with E-state index in [9.17, 15) is 43.5 Å². The van der Waals surface area contributed by atoms with E-state index in [-0.39, 0.29) is 122 Å². The van der Waals surface area contributed by atoms with E-state index in [1.54, 1.807) is 62.5 Å². The number of terminal acetylenes is 1. The zero-order valence-corrected chi connectivity index (χ0v) is 41.7. The zero-order valence-electron chi connectivity index (χ0n) is 41.7. The van der Waals surface area contributed by atoms with E-state index in [1.807, 2.05) is 18.7 Å². The van der Waals surface area contributed by atoms with Gasteiger partial charge in [0.1, 0.15) is 17.6 Å².